The molecule has 1 aromatic rings. The van der Waals surface area contributed by atoms with E-state index in [0.29, 0.717) is 11.6 Å². The number of nitrogens with zero attached hydrogens (tertiary/aromatic N) is 2. The lowest BCUT2D eigenvalue weighted by molar-refractivity contribution is 0.730. The van der Waals surface area contributed by atoms with Crippen molar-refractivity contribution in [3.63, 3.8) is 0 Å². The number of nitrogens with two attached hydrogens (primary N) is 1. The fourth-order valence-corrected chi connectivity index (χ4v) is 1.68. The molecule has 0 aliphatic heterocycles. The Morgan fingerprint density at radius 1 is 1.31 bits per heavy atom. The van der Waals surface area contributed by atoms with Gasteiger partial charge in [0, 0.05) is 13.1 Å². The van der Waals surface area contributed by atoms with Crippen molar-refractivity contribution in [2.45, 2.75) is 33.6 Å². The lowest BCUT2D eigenvalue weighted by Gasteiger charge is -2.23. The summed E-state index contributed by atoms with van der Waals surface area (Å²) in [5.74, 6) is 1.22. The van der Waals surface area contributed by atoms with E-state index in [1.807, 2.05) is 0 Å². The number of hydrogen-bond donors (Lipinski definition) is 2. The van der Waals surface area contributed by atoms with Crippen LogP contribution < -0.4 is 16.2 Å². The number of rotatable bonds is 5. The zero-order chi connectivity index (χ0) is 12.1. The van der Waals surface area contributed by atoms with Crippen molar-refractivity contribution in [2.24, 2.45) is 0 Å². The van der Waals surface area contributed by atoms with Gasteiger partial charge < -0.3 is 15.6 Å². The van der Waals surface area contributed by atoms with Gasteiger partial charge in [-0.15, -0.1) is 0 Å². The SMILES string of the molecule is CCCN(CCC)c1nc(C)[nH]c(=O)c1N. The molecule has 0 unspecified atom stereocenters. The summed E-state index contributed by atoms with van der Waals surface area (Å²) in [6.07, 6.45) is 2.01. The van der Waals surface area contributed by atoms with Gasteiger partial charge in [-0.25, -0.2) is 4.98 Å². The van der Waals surface area contributed by atoms with Gasteiger partial charge in [-0.3, -0.25) is 4.79 Å². The van der Waals surface area contributed by atoms with Gasteiger partial charge in [-0.1, -0.05) is 13.8 Å². The first kappa shape index (κ1) is 12.5. The minimum Gasteiger partial charge on any atom is -0.391 e. The fraction of sp³-hybridized carbons (Fsp3) is 0.636. The van der Waals surface area contributed by atoms with E-state index >= 15 is 0 Å². The molecule has 0 spiro atoms. The monoisotopic (exact) mass is 224 g/mol. The minimum absolute atomic E-state index is 0.215. The molecule has 5 nitrogen and oxygen atoms in total. The van der Waals surface area contributed by atoms with Crippen LogP contribution >= 0.6 is 0 Å². The summed E-state index contributed by atoms with van der Waals surface area (Å²) in [7, 11) is 0. The van der Waals surface area contributed by atoms with Crippen LogP contribution in [0.5, 0.6) is 0 Å². The Bertz CT molecular complexity index is 393. The molecule has 0 bridgehead atoms. The molecular formula is C11H20N4O. The Hall–Kier alpha value is -1.52. The van der Waals surface area contributed by atoms with Crippen LogP contribution in [0.3, 0.4) is 0 Å². The van der Waals surface area contributed by atoms with Crippen LogP contribution in [0, 0.1) is 6.92 Å². The van der Waals surface area contributed by atoms with Gasteiger partial charge in [0.15, 0.2) is 5.82 Å². The Morgan fingerprint density at radius 2 is 1.88 bits per heavy atom. The Kier molecular flexibility index (Phi) is 4.34. The molecule has 1 aromatic heterocycles. The third-order valence-electron chi connectivity index (χ3n) is 2.34. The highest BCUT2D eigenvalue weighted by Gasteiger charge is 2.13. The highest BCUT2D eigenvalue weighted by Crippen LogP contribution is 2.16. The lowest BCUT2D eigenvalue weighted by atomic mass is 10.3. The lowest BCUT2D eigenvalue weighted by Crippen LogP contribution is -2.30. The minimum atomic E-state index is -0.250. The molecule has 0 amide bonds. The normalized spacial score (nSPS) is 10.4. The second-order valence-electron chi connectivity index (χ2n) is 3.88. The number of H-pyrrole nitrogens is 1. The van der Waals surface area contributed by atoms with Crippen LogP contribution in [0.25, 0.3) is 0 Å². The van der Waals surface area contributed by atoms with Crippen molar-refractivity contribution in [1.82, 2.24) is 9.97 Å². The van der Waals surface area contributed by atoms with Gasteiger partial charge in [0.05, 0.1) is 0 Å². The summed E-state index contributed by atoms with van der Waals surface area (Å²) in [5, 5.41) is 0. The fourth-order valence-electron chi connectivity index (χ4n) is 1.68. The summed E-state index contributed by atoms with van der Waals surface area (Å²) < 4.78 is 0. The predicted octanol–water partition coefficient (Wildman–Crippen LogP) is 1.29. The zero-order valence-electron chi connectivity index (χ0n) is 10.2. The first-order chi connectivity index (χ1) is 7.60. The summed E-state index contributed by atoms with van der Waals surface area (Å²) in [6.45, 7) is 7.69. The average molecular weight is 224 g/mol. The maximum absolute atomic E-state index is 11.5. The Morgan fingerprint density at radius 3 is 2.38 bits per heavy atom. The van der Waals surface area contributed by atoms with E-state index in [2.05, 4.69) is 28.7 Å². The molecule has 1 heterocycles. The van der Waals surface area contributed by atoms with Crippen LogP contribution in [0.2, 0.25) is 0 Å². The molecular weight excluding hydrogens is 204 g/mol. The molecule has 0 aromatic carbocycles. The Labute approximate surface area is 95.7 Å². The van der Waals surface area contributed by atoms with E-state index in [0.717, 1.165) is 25.9 Å². The topological polar surface area (TPSA) is 75.0 Å². The summed E-state index contributed by atoms with van der Waals surface area (Å²) in [5.41, 5.74) is 5.73. The van der Waals surface area contributed by atoms with Gasteiger partial charge in [-0.2, -0.15) is 0 Å². The number of aromatic nitrogens is 2. The highest BCUT2D eigenvalue weighted by atomic mass is 16.1. The number of hydrogen-bond acceptors (Lipinski definition) is 4. The third-order valence-corrected chi connectivity index (χ3v) is 2.34. The molecule has 3 N–H and O–H groups in total. The van der Waals surface area contributed by atoms with Crippen LogP contribution in [-0.4, -0.2) is 23.1 Å². The summed E-state index contributed by atoms with van der Waals surface area (Å²) in [6, 6.07) is 0. The summed E-state index contributed by atoms with van der Waals surface area (Å²) >= 11 is 0. The van der Waals surface area contributed by atoms with Gasteiger partial charge in [0.25, 0.3) is 5.56 Å². The number of aromatic amines is 1. The van der Waals surface area contributed by atoms with Gasteiger partial charge >= 0.3 is 0 Å². The van der Waals surface area contributed by atoms with Crippen molar-refractivity contribution >= 4 is 11.5 Å². The number of nitrogens with one attached hydrogen (secondary N) is 1. The van der Waals surface area contributed by atoms with Crippen LogP contribution in [0.1, 0.15) is 32.5 Å². The van der Waals surface area contributed by atoms with Crippen LogP contribution in [-0.2, 0) is 0 Å². The maximum Gasteiger partial charge on any atom is 0.276 e. The van der Waals surface area contributed by atoms with E-state index in [1.54, 1.807) is 6.92 Å². The van der Waals surface area contributed by atoms with Crippen molar-refractivity contribution in [1.29, 1.82) is 0 Å². The molecule has 5 heteroatoms. The molecule has 16 heavy (non-hydrogen) atoms. The van der Waals surface area contributed by atoms with Crippen molar-refractivity contribution < 1.29 is 0 Å². The first-order valence-electron chi connectivity index (χ1n) is 5.71. The molecule has 0 atom stereocenters. The molecule has 0 radical (unpaired) electrons. The largest absolute Gasteiger partial charge is 0.391 e. The smallest absolute Gasteiger partial charge is 0.276 e. The summed E-state index contributed by atoms with van der Waals surface area (Å²) in [4.78, 5) is 20.5. The van der Waals surface area contributed by atoms with Crippen molar-refractivity contribution in [2.75, 3.05) is 23.7 Å². The zero-order valence-corrected chi connectivity index (χ0v) is 10.2. The second kappa shape index (κ2) is 5.53. The van der Waals surface area contributed by atoms with Crippen LogP contribution in [0.15, 0.2) is 4.79 Å². The molecule has 0 aliphatic carbocycles. The van der Waals surface area contributed by atoms with E-state index < -0.39 is 0 Å². The number of aryl methyl sites for hydroxylation is 1. The average Bonchev–Trinajstić information content (AvgIpc) is 2.23. The number of anilines is 2. The molecule has 1 rings (SSSR count). The first-order valence-corrected chi connectivity index (χ1v) is 5.71. The molecule has 0 saturated heterocycles. The van der Waals surface area contributed by atoms with Gasteiger partial charge in [0.2, 0.25) is 0 Å². The quantitative estimate of drug-likeness (QED) is 0.790. The van der Waals surface area contributed by atoms with E-state index in [-0.39, 0.29) is 11.2 Å². The van der Waals surface area contributed by atoms with E-state index in [4.69, 9.17) is 5.73 Å². The molecule has 0 saturated carbocycles. The maximum atomic E-state index is 11.5. The van der Waals surface area contributed by atoms with Gasteiger partial charge in [-0.05, 0) is 19.8 Å². The Balaban J connectivity index is 3.12. The van der Waals surface area contributed by atoms with Crippen molar-refractivity contribution in [3.05, 3.63) is 16.2 Å². The molecule has 0 aliphatic rings. The van der Waals surface area contributed by atoms with E-state index in [9.17, 15) is 4.79 Å². The van der Waals surface area contributed by atoms with Crippen LogP contribution in [0.4, 0.5) is 11.5 Å². The number of nitrogen functional groups attached to an aromatic ring is 1. The predicted molar refractivity (Wildman–Crippen MR) is 66.8 cm³/mol. The second-order valence-corrected chi connectivity index (χ2v) is 3.88. The molecule has 90 valence electrons. The molecule has 0 fully saturated rings. The standard InChI is InChI=1S/C11H20N4O/c1-4-6-15(7-5-2)10-9(12)11(16)14-8(3)13-10/h4-7,12H2,1-3H3,(H,13,14,16). The van der Waals surface area contributed by atoms with Crippen molar-refractivity contribution in [3.8, 4) is 0 Å². The third kappa shape index (κ3) is 2.74. The van der Waals surface area contributed by atoms with Gasteiger partial charge in [0.1, 0.15) is 11.5 Å². The van der Waals surface area contributed by atoms with E-state index in [1.165, 1.54) is 0 Å². The highest BCUT2D eigenvalue weighted by molar-refractivity contribution is 5.61.